The summed E-state index contributed by atoms with van der Waals surface area (Å²) in [6, 6.07) is 6.38. The predicted octanol–water partition coefficient (Wildman–Crippen LogP) is 0.223. The second kappa shape index (κ2) is 6.55. The molecular weight excluding hydrogens is 290 g/mol. The number of aryl methyl sites for hydroxylation is 1. The summed E-state index contributed by atoms with van der Waals surface area (Å²) < 4.78 is 26.8. The van der Waals surface area contributed by atoms with Crippen molar-refractivity contribution in [1.29, 1.82) is 0 Å². The Kier molecular flexibility index (Phi) is 4.97. The summed E-state index contributed by atoms with van der Waals surface area (Å²) in [6.07, 6.45) is 1.61. The average Bonchev–Trinajstić information content (AvgIpc) is 2.46. The van der Waals surface area contributed by atoms with Gasteiger partial charge in [-0.15, -0.1) is 0 Å². The summed E-state index contributed by atoms with van der Waals surface area (Å²) in [5.74, 6) is -0.642. The SMILES string of the molecule is Cc1ccc(S(=O)(=O)N(CC(N)=O)C2CCCNC2)cc1. The third-order valence-corrected chi connectivity index (χ3v) is 5.53. The second-order valence-electron chi connectivity index (χ2n) is 5.33. The molecule has 1 saturated heterocycles. The van der Waals surface area contributed by atoms with E-state index in [4.69, 9.17) is 5.73 Å². The number of hydrogen-bond donors (Lipinski definition) is 2. The van der Waals surface area contributed by atoms with E-state index >= 15 is 0 Å². The average molecular weight is 311 g/mol. The van der Waals surface area contributed by atoms with Gasteiger partial charge in [0.1, 0.15) is 0 Å². The van der Waals surface area contributed by atoms with Gasteiger partial charge in [-0.25, -0.2) is 8.42 Å². The number of sulfonamides is 1. The van der Waals surface area contributed by atoms with Crippen LogP contribution < -0.4 is 11.1 Å². The molecule has 1 atom stereocenters. The molecule has 1 aromatic rings. The van der Waals surface area contributed by atoms with Gasteiger partial charge in [0, 0.05) is 12.6 Å². The molecule has 0 radical (unpaired) electrons. The fourth-order valence-electron chi connectivity index (χ4n) is 2.49. The zero-order valence-electron chi connectivity index (χ0n) is 12.1. The number of amides is 1. The number of piperidine rings is 1. The molecule has 0 aliphatic carbocycles. The highest BCUT2D eigenvalue weighted by atomic mass is 32.2. The molecule has 0 spiro atoms. The number of nitrogens with two attached hydrogens (primary N) is 1. The number of hydrogen-bond acceptors (Lipinski definition) is 4. The van der Waals surface area contributed by atoms with Crippen molar-refractivity contribution in [2.45, 2.75) is 30.7 Å². The molecule has 1 amide bonds. The van der Waals surface area contributed by atoms with E-state index < -0.39 is 15.9 Å². The lowest BCUT2D eigenvalue weighted by Gasteiger charge is -2.33. The molecule has 7 heteroatoms. The minimum Gasteiger partial charge on any atom is -0.369 e. The maximum atomic E-state index is 12.8. The molecule has 21 heavy (non-hydrogen) atoms. The van der Waals surface area contributed by atoms with E-state index in [9.17, 15) is 13.2 Å². The normalized spacial score (nSPS) is 19.6. The van der Waals surface area contributed by atoms with Crippen molar-refractivity contribution >= 4 is 15.9 Å². The van der Waals surface area contributed by atoms with Crippen LogP contribution in [0.15, 0.2) is 29.2 Å². The highest BCUT2D eigenvalue weighted by molar-refractivity contribution is 7.89. The molecule has 1 aliphatic heterocycles. The van der Waals surface area contributed by atoms with Crippen LogP contribution >= 0.6 is 0 Å². The molecule has 2 rings (SSSR count). The Morgan fingerprint density at radius 3 is 2.57 bits per heavy atom. The topological polar surface area (TPSA) is 92.5 Å². The largest absolute Gasteiger partial charge is 0.369 e. The van der Waals surface area contributed by atoms with Gasteiger partial charge in [-0.3, -0.25) is 4.79 Å². The van der Waals surface area contributed by atoms with Gasteiger partial charge in [0.25, 0.3) is 0 Å². The van der Waals surface area contributed by atoms with Gasteiger partial charge in [0.2, 0.25) is 15.9 Å². The van der Waals surface area contributed by atoms with Gasteiger partial charge in [-0.05, 0) is 38.4 Å². The first kappa shape index (κ1) is 15.9. The number of benzene rings is 1. The van der Waals surface area contributed by atoms with Crippen LogP contribution in [0.1, 0.15) is 18.4 Å². The number of carbonyl (C=O) groups is 1. The quantitative estimate of drug-likeness (QED) is 0.814. The highest BCUT2D eigenvalue weighted by Crippen LogP contribution is 2.21. The van der Waals surface area contributed by atoms with E-state index in [0.29, 0.717) is 6.54 Å². The van der Waals surface area contributed by atoms with Crippen molar-refractivity contribution in [2.24, 2.45) is 5.73 Å². The third-order valence-electron chi connectivity index (χ3n) is 3.62. The van der Waals surface area contributed by atoms with E-state index in [1.807, 2.05) is 6.92 Å². The lowest BCUT2D eigenvalue weighted by Crippen LogP contribution is -2.51. The fourth-order valence-corrected chi connectivity index (χ4v) is 4.11. The molecule has 1 aliphatic rings. The van der Waals surface area contributed by atoms with E-state index in [1.54, 1.807) is 24.3 Å². The van der Waals surface area contributed by atoms with Crippen molar-refractivity contribution < 1.29 is 13.2 Å². The van der Waals surface area contributed by atoms with Crippen LogP contribution in [0.2, 0.25) is 0 Å². The molecule has 0 bridgehead atoms. The lowest BCUT2D eigenvalue weighted by molar-refractivity contribution is -0.118. The number of rotatable bonds is 5. The van der Waals surface area contributed by atoms with E-state index in [-0.39, 0.29) is 17.5 Å². The third kappa shape index (κ3) is 3.81. The van der Waals surface area contributed by atoms with E-state index in [1.165, 1.54) is 4.31 Å². The van der Waals surface area contributed by atoms with Crippen molar-refractivity contribution in [3.05, 3.63) is 29.8 Å². The van der Waals surface area contributed by atoms with E-state index in [0.717, 1.165) is 24.9 Å². The van der Waals surface area contributed by atoms with E-state index in [2.05, 4.69) is 5.32 Å². The summed E-state index contributed by atoms with van der Waals surface area (Å²) in [5, 5.41) is 3.16. The Labute approximate surface area is 125 Å². The molecule has 1 heterocycles. The molecule has 0 aromatic heterocycles. The minimum atomic E-state index is -3.72. The van der Waals surface area contributed by atoms with Crippen LogP contribution in [0.5, 0.6) is 0 Å². The van der Waals surface area contributed by atoms with Gasteiger partial charge in [-0.1, -0.05) is 17.7 Å². The first-order valence-corrected chi connectivity index (χ1v) is 8.43. The fraction of sp³-hybridized carbons (Fsp3) is 0.500. The van der Waals surface area contributed by atoms with Crippen molar-refractivity contribution in [3.63, 3.8) is 0 Å². The molecule has 1 aromatic carbocycles. The number of carbonyl (C=O) groups excluding carboxylic acids is 1. The van der Waals surface area contributed by atoms with Gasteiger partial charge >= 0.3 is 0 Å². The van der Waals surface area contributed by atoms with Crippen molar-refractivity contribution in [3.8, 4) is 0 Å². The van der Waals surface area contributed by atoms with Crippen LogP contribution in [0.25, 0.3) is 0 Å². The molecule has 1 unspecified atom stereocenters. The van der Waals surface area contributed by atoms with Gasteiger partial charge < -0.3 is 11.1 Å². The van der Waals surface area contributed by atoms with Crippen LogP contribution in [-0.2, 0) is 14.8 Å². The highest BCUT2D eigenvalue weighted by Gasteiger charge is 2.33. The maximum absolute atomic E-state index is 12.8. The standard InChI is InChI=1S/C14H21N3O3S/c1-11-4-6-13(7-5-11)21(19,20)17(10-14(15)18)12-3-2-8-16-9-12/h4-7,12,16H,2-3,8-10H2,1H3,(H2,15,18). The molecule has 6 nitrogen and oxygen atoms in total. The van der Waals surface area contributed by atoms with Crippen LogP contribution in [0, 0.1) is 6.92 Å². The monoisotopic (exact) mass is 311 g/mol. The Morgan fingerprint density at radius 2 is 2.05 bits per heavy atom. The Bertz CT molecular complexity index is 592. The maximum Gasteiger partial charge on any atom is 0.243 e. The molecule has 1 fully saturated rings. The Balaban J connectivity index is 2.33. The lowest BCUT2D eigenvalue weighted by atomic mass is 10.1. The first-order chi connectivity index (χ1) is 9.91. The van der Waals surface area contributed by atoms with Gasteiger partial charge in [0.15, 0.2) is 0 Å². The Morgan fingerprint density at radius 1 is 1.38 bits per heavy atom. The summed E-state index contributed by atoms with van der Waals surface area (Å²) in [6.45, 7) is 3.01. The van der Waals surface area contributed by atoms with Crippen molar-refractivity contribution in [1.82, 2.24) is 9.62 Å². The Hall–Kier alpha value is -1.44. The number of nitrogens with zero attached hydrogens (tertiary/aromatic N) is 1. The molecule has 0 saturated carbocycles. The molecule has 116 valence electrons. The van der Waals surface area contributed by atoms with Crippen LogP contribution in [-0.4, -0.2) is 44.3 Å². The smallest absolute Gasteiger partial charge is 0.243 e. The minimum absolute atomic E-state index is 0.194. The molecule has 3 N–H and O–H groups in total. The van der Waals surface area contributed by atoms with Gasteiger partial charge in [-0.2, -0.15) is 4.31 Å². The summed E-state index contributed by atoms with van der Waals surface area (Å²) in [7, 11) is -3.72. The van der Waals surface area contributed by atoms with Crippen LogP contribution in [0.3, 0.4) is 0 Å². The number of primary amides is 1. The van der Waals surface area contributed by atoms with Gasteiger partial charge in [0.05, 0.1) is 11.4 Å². The number of nitrogens with one attached hydrogen (secondary N) is 1. The summed E-state index contributed by atoms with van der Waals surface area (Å²) in [5.41, 5.74) is 6.21. The summed E-state index contributed by atoms with van der Waals surface area (Å²) in [4.78, 5) is 11.5. The second-order valence-corrected chi connectivity index (χ2v) is 7.22. The summed E-state index contributed by atoms with van der Waals surface area (Å²) >= 11 is 0. The first-order valence-electron chi connectivity index (χ1n) is 6.99. The zero-order chi connectivity index (χ0) is 15.5. The van der Waals surface area contributed by atoms with Crippen molar-refractivity contribution in [2.75, 3.05) is 19.6 Å². The van der Waals surface area contributed by atoms with Crippen LogP contribution in [0.4, 0.5) is 0 Å². The predicted molar refractivity (Wildman–Crippen MR) is 80.2 cm³/mol. The molecular formula is C14H21N3O3S. The zero-order valence-corrected chi connectivity index (χ0v) is 12.9.